The van der Waals surface area contributed by atoms with Crippen molar-refractivity contribution >= 4 is 0 Å². The third-order valence-corrected chi connectivity index (χ3v) is 3.91. The fourth-order valence-electron chi connectivity index (χ4n) is 2.94. The van der Waals surface area contributed by atoms with Gasteiger partial charge in [-0.1, -0.05) is 19.8 Å². The molecular weight excluding hydrogens is 172 g/mol. The second-order valence-corrected chi connectivity index (χ2v) is 4.76. The number of hydrogen-bond acceptors (Lipinski definition) is 2. The van der Waals surface area contributed by atoms with E-state index in [9.17, 15) is 0 Å². The van der Waals surface area contributed by atoms with E-state index in [0.29, 0.717) is 0 Å². The lowest BCUT2D eigenvalue weighted by Crippen LogP contribution is -2.36. The van der Waals surface area contributed by atoms with Crippen molar-refractivity contribution in [1.29, 1.82) is 0 Å². The van der Waals surface area contributed by atoms with Crippen LogP contribution in [-0.4, -0.2) is 48.6 Å². The first kappa shape index (κ1) is 10.4. The lowest BCUT2D eigenvalue weighted by Gasteiger charge is -2.27. The van der Waals surface area contributed by atoms with Gasteiger partial charge in [0.05, 0.1) is 0 Å². The lowest BCUT2D eigenvalue weighted by molar-refractivity contribution is 0.201. The average Bonchev–Trinajstić information content (AvgIpc) is 2.63. The molecule has 0 N–H and O–H groups in total. The van der Waals surface area contributed by atoms with Crippen LogP contribution in [0.5, 0.6) is 0 Å². The molecular formula is C12H24N2. The van der Waals surface area contributed by atoms with Gasteiger partial charge in [0.15, 0.2) is 0 Å². The van der Waals surface area contributed by atoms with Crippen LogP contribution in [0.4, 0.5) is 0 Å². The van der Waals surface area contributed by atoms with Crippen molar-refractivity contribution in [3.8, 4) is 0 Å². The third kappa shape index (κ3) is 2.48. The fourth-order valence-corrected chi connectivity index (χ4v) is 2.94. The van der Waals surface area contributed by atoms with Gasteiger partial charge in [-0.2, -0.15) is 0 Å². The standard InChI is InChI=1S/C12H24N2/c1-2-13-8-5-9-14(11-10-13)12-6-3-4-7-12/h12H,2-11H2,1H3. The Morgan fingerprint density at radius 1 is 0.929 bits per heavy atom. The summed E-state index contributed by atoms with van der Waals surface area (Å²) in [5.74, 6) is 0. The molecule has 1 aliphatic heterocycles. The van der Waals surface area contributed by atoms with E-state index in [-0.39, 0.29) is 0 Å². The Kier molecular flexibility index (Phi) is 3.82. The first-order valence-electron chi connectivity index (χ1n) is 6.36. The van der Waals surface area contributed by atoms with E-state index in [1.54, 1.807) is 0 Å². The van der Waals surface area contributed by atoms with Crippen LogP contribution in [0.25, 0.3) is 0 Å². The largest absolute Gasteiger partial charge is 0.302 e. The first-order chi connectivity index (χ1) is 6.90. The van der Waals surface area contributed by atoms with Gasteiger partial charge in [0.25, 0.3) is 0 Å². The van der Waals surface area contributed by atoms with Crippen LogP contribution >= 0.6 is 0 Å². The fraction of sp³-hybridized carbons (Fsp3) is 1.00. The summed E-state index contributed by atoms with van der Waals surface area (Å²) in [6, 6.07) is 0.937. The smallest absolute Gasteiger partial charge is 0.0112 e. The Balaban J connectivity index is 1.82. The zero-order chi connectivity index (χ0) is 9.80. The highest BCUT2D eigenvalue weighted by molar-refractivity contribution is 4.80. The summed E-state index contributed by atoms with van der Waals surface area (Å²) >= 11 is 0. The van der Waals surface area contributed by atoms with Crippen LogP contribution < -0.4 is 0 Å². The summed E-state index contributed by atoms with van der Waals surface area (Å²) in [6.07, 6.45) is 7.25. The van der Waals surface area contributed by atoms with Gasteiger partial charge in [-0.15, -0.1) is 0 Å². The summed E-state index contributed by atoms with van der Waals surface area (Å²) in [6.45, 7) is 8.80. The van der Waals surface area contributed by atoms with Gasteiger partial charge in [-0.05, 0) is 38.9 Å². The first-order valence-corrected chi connectivity index (χ1v) is 6.36. The van der Waals surface area contributed by atoms with Gasteiger partial charge < -0.3 is 4.90 Å². The van der Waals surface area contributed by atoms with Crippen LogP contribution in [0.1, 0.15) is 39.0 Å². The third-order valence-electron chi connectivity index (χ3n) is 3.91. The van der Waals surface area contributed by atoms with Gasteiger partial charge in [-0.3, -0.25) is 4.90 Å². The minimum absolute atomic E-state index is 0.937. The molecule has 0 atom stereocenters. The molecule has 2 aliphatic rings. The highest BCUT2D eigenvalue weighted by Gasteiger charge is 2.23. The van der Waals surface area contributed by atoms with Crippen molar-refractivity contribution in [2.45, 2.75) is 45.1 Å². The zero-order valence-electron chi connectivity index (χ0n) is 9.54. The Labute approximate surface area is 88.3 Å². The van der Waals surface area contributed by atoms with Crippen LogP contribution in [0.3, 0.4) is 0 Å². The number of likely N-dealkylation sites (N-methyl/N-ethyl adjacent to an activating group) is 1. The van der Waals surface area contributed by atoms with E-state index in [0.717, 1.165) is 6.04 Å². The second-order valence-electron chi connectivity index (χ2n) is 4.76. The molecule has 0 spiro atoms. The number of rotatable bonds is 2. The molecule has 0 bridgehead atoms. The molecule has 2 rings (SSSR count). The van der Waals surface area contributed by atoms with Crippen LogP contribution in [0, 0.1) is 0 Å². The normalized spacial score (nSPS) is 28.1. The van der Waals surface area contributed by atoms with E-state index in [1.807, 2.05) is 0 Å². The summed E-state index contributed by atoms with van der Waals surface area (Å²) < 4.78 is 0. The highest BCUT2D eigenvalue weighted by atomic mass is 15.2. The predicted octanol–water partition coefficient (Wildman–Crippen LogP) is 1.96. The molecule has 0 radical (unpaired) electrons. The molecule has 0 unspecified atom stereocenters. The Bertz CT molecular complexity index is 164. The number of nitrogens with zero attached hydrogens (tertiary/aromatic N) is 2. The summed E-state index contributed by atoms with van der Waals surface area (Å²) in [7, 11) is 0. The van der Waals surface area contributed by atoms with Gasteiger partial charge in [0, 0.05) is 19.1 Å². The van der Waals surface area contributed by atoms with Gasteiger partial charge in [0.2, 0.25) is 0 Å². The summed E-state index contributed by atoms with van der Waals surface area (Å²) in [5, 5.41) is 0. The zero-order valence-corrected chi connectivity index (χ0v) is 9.54. The van der Waals surface area contributed by atoms with Crippen molar-refractivity contribution in [2.75, 3.05) is 32.7 Å². The molecule has 1 saturated carbocycles. The maximum Gasteiger partial charge on any atom is 0.0112 e. The summed E-state index contributed by atoms with van der Waals surface area (Å²) in [4.78, 5) is 5.34. The highest BCUT2D eigenvalue weighted by Crippen LogP contribution is 2.24. The Morgan fingerprint density at radius 3 is 2.43 bits per heavy atom. The lowest BCUT2D eigenvalue weighted by atomic mass is 10.2. The summed E-state index contributed by atoms with van der Waals surface area (Å²) in [5.41, 5.74) is 0. The van der Waals surface area contributed by atoms with Gasteiger partial charge in [-0.25, -0.2) is 0 Å². The molecule has 1 heterocycles. The maximum atomic E-state index is 2.75. The molecule has 2 nitrogen and oxygen atoms in total. The minimum Gasteiger partial charge on any atom is -0.302 e. The average molecular weight is 196 g/mol. The topological polar surface area (TPSA) is 6.48 Å². The molecule has 0 aromatic heterocycles. The molecule has 1 saturated heterocycles. The van der Waals surface area contributed by atoms with Crippen molar-refractivity contribution in [3.63, 3.8) is 0 Å². The van der Waals surface area contributed by atoms with E-state index in [1.165, 1.54) is 64.8 Å². The van der Waals surface area contributed by atoms with Gasteiger partial charge in [0.1, 0.15) is 0 Å². The van der Waals surface area contributed by atoms with E-state index in [2.05, 4.69) is 16.7 Å². The molecule has 1 aliphatic carbocycles. The van der Waals surface area contributed by atoms with Crippen molar-refractivity contribution < 1.29 is 0 Å². The quantitative estimate of drug-likeness (QED) is 0.666. The molecule has 82 valence electrons. The van der Waals surface area contributed by atoms with Crippen LogP contribution in [0.15, 0.2) is 0 Å². The molecule has 0 aromatic rings. The SMILES string of the molecule is CCN1CCCN(C2CCCC2)CC1. The van der Waals surface area contributed by atoms with Crippen LogP contribution in [0.2, 0.25) is 0 Å². The maximum absolute atomic E-state index is 2.75. The van der Waals surface area contributed by atoms with Crippen molar-refractivity contribution in [2.24, 2.45) is 0 Å². The van der Waals surface area contributed by atoms with E-state index in [4.69, 9.17) is 0 Å². The van der Waals surface area contributed by atoms with Crippen LogP contribution in [-0.2, 0) is 0 Å². The van der Waals surface area contributed by atoms with Crippen molar-refractivity contribution in [1.82, 2.24) is 9.80 Å². The number of hydrogen-bond donors (Lipinski definition) is 0. The molecule has 0 amide bonds. The van der Waals surface area contributed by atoms with Crippen molar-refractivity contribution in [3.05, 3.63) is 0 Å². The predicted molar refractivity (Wildman–Crippen MR) is 60.6 cm³/mol. The molecule has 2 fully saturated rings. The minimum atomic E-state index is 0.937. The Hall–Kier alpha value is -0.0800. The van der Waals surface area contributed by atoms with E-state index < -0.39 is 0 Å². The molecule has 2 heteroatoms. The second kappa shape index (κ2) is 5.13. The van der Waals surface area contributed by atoms with E-state index >= 15 is 0 Å². The monoisotopic (exact) mass is 196 g/mol. The molecule has 14 heavy (non-hydrogen) atoms. The Morgan fingerprint density at radius 2 is 1.71 bits per heavy atom. The van der Waals surface area contributed by atoms with Gasteiger partial charge >= 0.3 is 0 Å². The molecule has 0 aromatic carbocycles.